The Morgan fingerprint density at radius 3 is 2.47 bits per heavy atom. The Balaban J connectivity index is 2.00. The first-order chi connectivity index (χ1) is 8.24. The molecule has 2 aliphatic rings. The third-order valence-electron chi connectivity index (χ3n) is 3.89. The van der Waals surface area contributed by atoms with Crippen LogP contribution in [0, 0.1) is 17.2 Å². The molecular formula is C14H20N2O. The van der Waals surface area contributed by atoms with Crippen molar-refractivity contribution < 1.29 is 4.79 Å². The van der Waals surface area contributed by atoms with Gasteiger partial charge in [-0.3, -0.25) is 4.79 Å². The monoisotopic (exact) mass is 232 g/mol. The molecule has 0 heterocycles. The normalized spacial score (nSPS) is 24.0. The summed E-state index contributed by atoms with van der Waals surface area (Å²) in [6, 6.07) is 2.44. The van der Waals surface area contributed by atoms with E-state index in [1.54, 1.807) is 0 Å². The maximum Gasteiger partial charge on any atom is 0.262 e. The molecule has 2 aliphatic carbocycles. The average Bonchev–Trinajstić information content (AvgIpc) is 3.15. The van der Waals surface area contributed by atoms with Gasteiger partial charge in [0.25, 0.3) is 5.91 Å². The van der Waals surface area contributed by atoms with Crippen molar-refractivity contribution in [2.45, 2.75) is 57.9 Å². The van der Waals surface area contributed by atoms with Gasteiger partial charge >= 0.3 is 0 Å². The number of nitriles is 1. The van der Waals surface area contributed by atoms with Gasteiger partial charge in [-0.1, -0.05) is 13.3 Å². The number of hydrogen-bond donors (Lipinski definition) is 1. The van der Waals surface area contributed by atoms with Gasteiger partial charge < -0.3 is 5.32 Å². The Hall–Kier alpha value is -1.30. The predicted molar refractivity (Wildman–Crippen MR) is 66.1 cm³/mol. The molecule has 2 fully saturated rings. The summed E-state index contributed by atoms with van der Waals surface area (Å²) in [5, 5.41) is 12.0. The lowest BCUT2D eigenvalue weighted by atomic mass is 9.82. The molecule has 0 bridgehead atoms. The highest BCUT2D eigenvalue weighted by Crippen LogP contribution is 2.32. The molecule has 0 aromatic rings. The molecule has 92 valence electrons. The fourth-order valence-electron chi connectivity index (χ4n) is 2.46. The van der Waals surface area contributed by atoms with Gasteiger partial charge in [0.15, 0.2) is 0 Å². The van der Waals surface area contributed by atoms with E-state index in [2.05, 4.69) is 18.3 Å². The lowest BCUT2D eigenvalue weighted by Gasteiger charge is -2.23. The highest BCUT2D eigenvalue weighted by atomic mass is 16.1. The Morgan fingerprint density at radius 2 is 2.00 bits per heavy atom. The van der Waals surface area contributed by atoms with Gasteiger partial charge in [0.1, 0.15) is 11.6 Å². The van der Waals surface area contributed by atoms with Crippen LogP contribution >= 0.6 is 0 Å². The molecule has 1 amide bonds. The number of hydrogen-bond acceptors (Lipinski definition) is 2. The number of allylic oxidation sites excluding steroid dienone is 1. The highest BCUT2D eigenvalue weighted by molar-refractivity contribution is 5.98. The molecule has 2 saturated carbocycles. The largest absolute Gasteiger partial charge is 0.349 e. The summed E-state index contributed by atoms with van der Waals surface area (Å²) in [5.41, 5.74) is 1.47. The number of nitrogens with zero attached hydrogens (tertiary/aromatic N) is 1. The molecule has 2 rings (SSSR count). The number of nitrogens with one attached hydrogen (secondary N) is 1. The van der Waals surface area contributed by atoms with Crippen LogP contribution in [0.4, 0.5) is 0 Å². The summed E-state index contributed by atoms with van der Waals surface area (Å²) in [7, 11) is 0. The van der Waals surface area contributed by atoms with Crippen LogP contribution in [0.15, 0.2) is 11.1 Å². The van der Waals surface area contributed by atoms with Crippen molar-refractivity contribution in [3.05, 3.63) is 11.1 Å². The topological polar surface area (TPSA) is 52.9 Å². The lowest BCUT2D eigenvalue weighted by molar-refractivity contribution is -0.117. The second-order valence-electron chi connectivity index (χ2n) is 5.19. The fourth-order valence-corrected chi connectivity index (χ4v) is 2.46. The molecule has 3 nitrogen and oxygen atoms in total. The molecular weight excluding hydrogens is 212 g/mol. The number of carbonyl (C=O) groups excluding carboxylic acids is 1. The van der Waals surface area contributed by atoms with Crippen molar-refractivity contribution in [3.8, 4) is 6.07 Å². The minimum Gasteiger partial charge on any atom is -0.349 e. The minimum atomic E-state index is -0.139. The van der Waals surface area contributed by atoms with E-state index in [0.717, 1.165) is 50.0 Å². The summed E-state index contributed by atoms with van der Waals surface area (Å²) in [6.45, 7) is 2.21. The highest BCUT2D eigenvalue weighted by Gasteiger charge is 2.27. The Kier molecular flexibility index (Phi) is 3.83. The van der Waals surface area contributed by atoms with Crippen molar-refractivity contribution in [1.29, 1.82) is 5.26 Å². The SMILES string of the molecule is CCC1CCC(=C(C#N)C(=O)NC2CC2)CC1. The second kappa shape index (κ2) is 5.35. The summed E-state index contributed by atoms with van der Waals surface area (Å²) in [4.78, 5) is 11.9. The van der Waals surface area contributed by atoms with Gasteiger partial charge in [-0.05, 0) is 50.0 Å². The average molecular weight is 232 g/mol. The molecule has 17 heavy (non-hydrogen) atoms. The number of carbonyl (C=O) groups is 1. The zero-order valence-corrected chi connectivity index (χ0v) is 10.5. The van der Waals surface area contributed by atoms with Gasteiger partial charge in [0.2, 0.25) is 0 Å². The molecule has 0 spiro atoms. The van der Waals surface area contributed by atoms with Crippen LogP contribution in [0.3, 0.4) is 0 Å². The summed E-state index contributed by atoms with van der Waals surface area (Å²) < 4.78 is 0. The van der Waals surface area contributed by atoms with Crippen molar-refractivity contribution in [2.24, 2.45) is 5.92 Å². The van der Waals surface area contributed by atoms with Crippen LogP contribution < -0.4 is 5.32 Å². The van der Waals surface area contributed by atoms with E-state index in [1.807, 2.05) is 0 Å². The van der Waals surface area contributed by atoms with Gasteiger partial charge in [-0.15, -0.1) is 0 Å². The lowest BCUT2D eigenvalue weighted by Crippen LogP contribution is -2.28. The zero-order valence-electron chi connectivity index (χ0n) is 10.5. The smallest absolute Gasteiger partial charge is 0.262 e. The molecule has 0 atom stereocenters. The van der Waals surface area contributed by atoms with Gasteiger partial charge in [0, 0.05) is 6.04 Å². The summed E-state index contributed by atoms with van der Waals surface area (Å²) >= 11 is 0. The maximum atomic E-state index is 11.9. The van der Waals surface area contributed by atoms with Crippen molar-refractivity contribution in [1.82, 2.24) is 5.32 Å². The first-order valence-corrected chi connectivity index (χ1v) is 6.67. The first kappa shape index (κ1) is 12.2. The summed E-state index contributed by atoms with van der Waals surface area (Å²) in [6.07, 6.45) is 7.47. The third kappa shape index (κ3) is 3.09. The van der Waals surface area contributed by atoms with Crippen LogP contribution in [-0.2, 0) is 4.79 Å². The molecule has 0 aromatic heterocycles. The van der Waals surface area contributed by atoms with Crippen LogP contribution in [0.5, 0.6) is 0 Å². The molecule has 0 radical (unpaired) electrons. The Labute approximate surface area is 103 Å². The van der Waals surface area contributed by atoms with Gasteiger partial charge in [0.05, 0.1) is 0 Å². The van der Waals surface area contributed by atoms with E-state index >= 15 is 0 Å². The quantitative estimate of drug-likeness (QED) is 0.601. The molecule has 0 saturated heterocycles. The number of amides is 1. The Morgan fingerprint density at radius 1 is 1.35 bits per heavy atom. The molecule has 3 heteroatoms. The van der Waals surface area contributed by atoms with E-state index in [9.17, 15) is 4.79 Å². The van der Waals surface area contributed by atoms with E-state index in [4.69, 9.17) is 5.26 Å². The van der Waals surface area contributed by atoms with Gasteiger partial charge in [-0.2, -0.15) is 5.26 Å². The standard InChI is InChI=1S/C14H20N2O/c1-2-10-3-5-11(6-4-10)13(9-15)14(17)16-12-7-8-12/h10,12H,2-8H2,1H3,(H,16,17). The van der Waals surface area contributed by atoms with Crippen LogP contribution in [-0.4, -0.2) is 11.9 Å². The summed E-state index contributed by atoms with van der Waals surface area (Å²) in [5.74, 6) is 0.644. The minimum absolute atomic E-state index is 0.139. The van der Waals surface area contributed by atoms with E-state index < -0.39 is 0 Å². The molecule has 0 aromatic carbocycles. The second-order valence-corrected chi connectivity index (χ2v) is 5.19. The van der Waals surface area contributed by atoms with Crippen LogP contribution in [0.2, 0.25) is 0 Å². The van der Waals surface area contributed by atoms with E-state index in [1.165, 1.54) is 6.42 Å². The predicted octanol–water partition coefficient (Wildman–Crippen LogP) is 2.69. The third-order valence-corrected chi connectivity index (χ3v) is 3.89. The van der Waals surface area contributed by atoms with Gasteiger partial charge in [-0.25, -0.2) is 0 Å². The first-order valence-electron chi connectivity index (χ1n) is 6.67. The van der Waals surface area contributed by atoms with E-state index in [0.29, 0.717) is 11.6 Å². The zero-order chi connectivity index (χ0) is 12.3. The van der Waals surface area contributed by atoms with E-state index in [-0.39, 0.29) is 5.91 Å². The van der Waals surface area contributed by atoms with Crippen LogP contribution in [0.1, 0.15) is 51.9 Å². The molecule has 0 unspecified atom stereocenters. The Bertz CT molecular complexity index is 364. The maximum absolute atomic E-state index is 11.9. The van der Waals surface area contributed by atoms with Crippen molar-refractivity contribution >= 4 is 5.91 Å². The van der Waals surface area contributed by atoms with Crippen LogP contribution in [0.25, 0.3) is 0 Å². The van der Waals surface area contributed by atoms with Crippen molar-refractivity contribution in [3.63, 3.8) is 0 Å². The number of rotatable bonds is 3. The molecule has 0 aliphatic heterocycles. The molecule has 1 N–H and O–H groups in total. The fraction of sp³-hybridized carbons (Fsp3) is 0.714. The van der Waals surface area contributed by atoms with Crippen molar-refractivity contribution in [2.75, 3.05) is 0 Å².